The summed E-state index contributed by atoms with van der Waals surface area (Å²) in [6.45, 7) is 8.09. The fraction of sp³-hybridized carbons (Fsp3) is 0.476. The number of unbranched alkanes of at least 4 members (excludes halogenated alkanes) is 2. The van der Waals surface area contributed by atoms with Crippen molar-refractivity contribution in [2.24, 2.45) is 5.92 Å². The summed E-state index contributed by atoms with van der Waals surface area (Å²) in [5, 5.41) is 0. The van der Waals surface area contributed by atoms with Gasteiger partial charge in [-0.3, -0.25) is 4.98 Å². The highest BCUT2D eigenvalue weighted by atomic mass is 16.5. The van der Waals surface area contributed by atoms with E-state index < -0.39 is 0 Å². The summed E-state index contributed by atoms with van der Waals surface area (Å²) in [6.07, 6.45) is 6.44. The van der Waals surface area contributed by atoms with Crippen molar-refractivity contribution in [3.63, 3.8) is 0 Å². The van der Waals surface area contributed by atoms with E-state index in [1.807, 2.05) is 24.3 Å². The molecule has 0 spiro atoms. The molecule has 0 N–H and O–H groups in total. The summed E-state index contributed by atoms with van der Waals surface area (Å²) in [5.74, 6) is 2.33. The largest absolute Gasteiger partial charge is 0.493 e. The predicted octanol–water partition coefficient (Wildman–Crippen LogP) is 5.74. The van der Waals surface area contributed by atoms with Crippen LogP contribution in [0, 0.1) is 5.92 Å². The molecule has 2 rings (SSSR count). The normalized spacial score (nSPS) is 12.0. The Labute approximate surface area is 146 Å². The Hall–Kier alpha value is -2.03. The van der Waals surface area contributed by atoms with Gasteiger partial charge in [0, 0.05) is 5.56 Å². The second-order valence-electron chi connectivity index (χ2n) is 6.28. The Morgan fingerprint density at radius 2 is 1.67 bits per heavy atom. The van der Waals surface area contributed by atoms with Crippen LogP contribution in [0.1, 0.15) is 46.5 Å². The molecule has 0 aliphatic heterocycles. The van der Waals surface area contributed by atoms with Crippen LogP contribution in [0.5, 0.6) is 11.5 Å². The minimum absolute atomic E-state index is 0.580. The number of nitrogens with zero attached hydrogens (tertiary/aromatic N) is 1. The molecule has 0 radical (unpaired) electrons. The first kappa shape index (κ1) is 18.3. The second kappa shape index (κ2) is 9.96. The van der Waals surface area contributed by atoms with Gasteiger partial charge in [-0.1, -0.05) is 40.0 Å². The highest BCUT2D eigenvalue weighted by Crippen LogP contribution is 2.23. The first-order valence-electron chi connectivity index (χ1n) is 9.05. The van der Waals surface area contributed by atoms with Crippen LogP contribution in [0.2, 0.25) is 0 Å². The number of rotatable bonds is 10. The fourth-order valence-electron chi connectivity index (χ4n) is 2.26. The molecule has 1 unspecified atom stereocenters. The number of benzene rings is 1. The van der Waals surface area contributed by atoms with Gasteiger partial charge in [-0.2, -0.15) is 0 Å². The quantitative estimate of drug-likeness (QED) is 0.521. The minimum Gasteiger partial charge on any atom is -0.493 e. The van der Waals surface area contributed by atoms with E-state index in [1.54, 1.807) is 6.20 Å². The Bertz CT molecular complexity index is 578. The monoisotopic (exact) mass is 327 g/mol. The number of hydrogen-bond donors (Lipinski definition) is 0. The van der Waals surface area contributed by atoms with Crippen molar-refractivity contribution in [1.29, 1.82) is 0 Å². The van der Waals surface area contributed by atoms with Crippen molar-refractivity contribution in [1.82, 2.24) is 4.98 Å². The third-order valence-electron chi connectivity index (χ3n) is 4.13. The molecule has 1 atom stereocenters. The van der Waals surface area contributed by atoms with Gasteiger partial charge in [-0.25, -0.2) is 0 Å². The first-order valence-corrected chi connectivity index (χ1v) is 9.05. The topological polar surface area (TPSA) is 31.4 Å². The van der Waals surface area contributed by atoms with Crippen LogP contribution in [0.4, 0.5) is 0 Å². The molecule has 0 bridgehead atoms. The molecule has 1 aromatic carbocycles. The summed E-state index contributed by atoms with van der Waals surface area (Å²) < 4.78 is 11.5. The van der Waals surface area contributed by atoms with Gasteiger partial charge in [0.2, 0.25) is 0 Å². The molecule has 0 aliphatic carbocycles. The highest BCUT2D eigenvalue weighted by molar-refractivity contribution is 5.60. The van der Waals surface area contributed by atoms with Gasteiger partial charge in [0.1, 0.15) is 11.5 Å². The molecule has 24 heavy (non-hydrogen) atoms. The summed E-state index contributed by atoms with van der Waals surface area (Å²) in [5.41, 5.74) is 2.04. The molecule has 1 aromatic heterocycles. The van der Waals surface area contributed by atoms with Crippen LogP contribution >= 0.6 is 0 Å². The molecular weight excluding hydrogens is 298 g/mol. The van der Waals surface area contributed by atoms with Crippen LogP contribution in [-0.2, 0) is 0 Å². The van der Waals surface area contributed by atoms with Crippen LogP contribution in [0.25, 0.3) is 11.3 Å². The average Bonchev–Trinajstić information content (AvgIpc) is 2.64. The molecule has 1 heterocycles. The van der Waals surface area contributed by atoms with Gasteiger partial charge < -0.3 is 9.47 Å². The Kier molecular flexibility index (Phi) is 7.60. The third-order valence-corrected chi connectivity index (χ3v) is 4.13. The van der Waals surface area contributed by atoms with E-state index in [0.717, 1.165) is 48.8 Å². The van der Waals surface area contributed by atoms with E-state index in [0.29, 0.717) is 5.92 Å². The number of pyridine rings is 1. The van der Waals surface area contributed by atoms with Crippen LogP contribution in [-0.4, -0.2) is 18.2 Å². The molecule has 0 amide bonds. The molecule has 3 heteroatoms. The van der Waals surface area contributed by atoms with Crippen LogP contribution < -0.4 is 9.47 Å². The van der Waals surface area contributed by atoms with Crippen molar-refractivity contribution >= 4 is 0 Å². The van der Waals surface area contributed by atoms with Crippen molar-refractivity contribution in [3.8, 4) is 22.8 Å². The van der Waals surface area contributed by atoms with Gasteiger partial charge in [0.25, 0.3) is 0 Å². The van der Waals surface area contributed by atoms with E-state index in [1.165, 1.54) is 12.8 Å². The zero-order chi connectivity index (χ0) is 17.2. The molecule has 130 valence electrons. The minimum atomic E-state index is 0.580. The zero-order valence-corrected chi connectivity index (χ0v) is 15.1. The van der Waals surface area contributed by atoms with E-state index in [-0.39, 0.29) is 0 Å². The Balaban J connectivity index is 1.89. The molecule has 0 aliphatic rings. The molecule has 2 aromatic rings. The number of hydrogen-bond acceptors (Lipinski definition) is 3. The maximum absolute atomic E-state index is 5.79. The summed E-state index contributed by atoms with van der Waals surface area (Å²) in [6, 6.07) is 12.1. The van der Waals surface area contributed by atoms with Crippen LogP contribution in [0.3, 0.4) is 0 Å². The molecule has 3 nitrogen and oxygen atoms in total. The van der Waals surface area contributed by atoms with Gasteiger partial charge in [0.15, 0.2) is 0 Å². The lowest BCUT2D eigenvalue weighted by Crippen LogP contribution is -2.06. The molecule has 0 saturated heterocycles. The summed E-state index contributed by atoms with van der Waals surface area (Å²) in [7, 11) is 0. The van der Waals surface area contributed by atoms with E-state index >= 15 is 0 Å². The lowest BCUT2D eigenvalue weighted by Gasteiger charge is -2.11. The van der Waals surface area contributed by atoms with Crippen molar-refractivity contribution in [3.05, 3.63) is 42.6 Å². The standard InChI is InChI=1S/C21H29NO2/c1-4-6-7-14-23-20-12-13-21(22-15-20)18-8-10-19(11-9-18)24-16-17(3)5-2/h8-13,15,17H,4-7,14,16H2,1-3H3. The van der Waals surface area contributed by atoms with E-state index in [2.05, 4.69) is 37.9 Å². The van der Waals surface area contributed by atoms with Gasteiger partial charge >= 0.3 is 0 Å². The average molecular weight is 327 g/mol. The molecule has 0 fully saturated rings. The number of ether oxygens (including phenoxy) is 2. The maximum atomic E-state index is 5.79. The Morgan fingerprint density at radius 1 is 0.917 bits per heavy atom. The van der Waals surface area contributed by atoms with Crippen molar-refractivity contribution in [2.45, 2.75) is 46.5 Å². The summed E-state index contributed by atoms with van der Waals surface area (Å²) >= 11 is 0. The molecular formula is C21H29NO2. The lowest BCUT2D eigenvalue weighted by molar-refractivity contribution is 0.256. The SMILES string of the molecule is CCCCCOc1ccc(-c2ccc(OCC(C)CC)cc2)nc1. The van der Waals surface area contributed by atoms with Gasteiger partial charge in [-0.05, 0) is 48.7 Å². The lowest BCUT2D eigenvalue weighted by atomic mass is 10.1. The summed E-state index contributed by atoms with van der Waals surface area (Å²) in [4.78, 5) is 4.50. The molecule has 0 saturated carbocycles. The van der Waals surface area contributed by atoms with E-state index in [9.17, 15) is 0 Å². The van der Waals surface area contributed by atoms with Crippen molar-refractivity contribution in [2.75, 3.05) is 13.2 Å². The Morgan fingerprint density at radius 3 is 2.29 bits per heavy atom. The van der Waals surface area contributed by atoms with Crippen LogP contribution in [0.15, 0.2) is 42.6 Å². The van der Waals surface area contributed by atoms with Gasteiger partial charge in [0.05, 0.1) is 25.1 Å². The third kappa shape index (κ3) is 5.88. The number of aromatic nitrogens is 1. The predicted molar refractivity (Wildman–Crippen MR) is 99.6 cm³/mol. The highest BCUT2D eigenvalue weighted by Gasteiger charge is 2.03. The fourth-order valence-corrected chi connectivity index (χ4v) is 2.26. The maximum Gasteiger partial charge on any atom is 0.137 e. The van der Waals surface area contributed by atoms with E-state index in [4.69, 9.17) is 9.47 Å². The van der Waals surface area contributed by atoms with Gasteiger partial charge in [-0.15, -0.1) is 0 Å². The first-order chi connectivity index (χ1) is 11.7. The smallest absolute Gasteiger partial charge is 0.137 e. The van der Waals surface area contributed by atoms with Crippen molar-refractivity contribution < 1.29 is 9.47 Å². The zero-order valence-electron chi connectivity index (χ0n) is 15.1. The second-order valence-corrected chi connectivity index (χ2v) is 6.28.